The van der Waals surface area contributed by atoms with Crippen LogP contribution in [0.25, 0.3) is 11.4 Å². The molecule has 7 nitrogen and oxygen atoms in total. The van der Waals surface area contributed by atoms with E-state index < -0.39 is 6.04 Å². The maximum Gasteiger partial charge on any atom is 0.251 e. The number of carbonyl (C=O) groups excluding carboxylic acids is 2. The van der Waals surface area contributed by atoms with Crippen molar-refractivity contribution in [1.29, 1.82) is 0 Å². The number of rotatable bonds is 8. The Labute approximate surface area is 204 Å². The van der Waals surface area contributed by atoms with Crippen LogP contribution in [0.5, 0.6) is 0 Å². The molecule has 1 aromatic heterocycles. The van der Waals surface area contributed by atoms with Gasteiger partial charge in [0.1, 0.15) is 11.9 Å². The minimum absolute atomic E-state index is 0.229. The Morgan fingerprint density at radius 2 is 1.94 bits per heavy atom. The highest BCUT2D eigenvalue weighted by atomic mass is 32.2. The molecular weight excluding hydrogens is 446 g/mol. The highest BCUT2D eigenvalue weighted by Gasteiger charge is 2.22. The van der Waals surface area contributed by atoms with Gasteiger partial charge in [0.25, 0.3) is 5.91 Å². The van der Waals surface area contributed by atoms with Crippen LogP contribution in [0.1, 0.15) is 47.4 Å². The Hall–Kier alpha value is -3.13. The molecule has 178 valence electrons. The number of anilines is 1. The summed E-state index contributed by atoms with van der Waals surface area (Å²) in [4.78, 5) is 25.9. The third-order valence-electron chi connectivity index (χ3n) is 6.01. The third-order valence-corrected chi connectivity index (χ3v) is 6.65. The lowest BCUT2D eigenvalue weighted by atomic mass is 10.1. The SMILES string of the molecule is CSCCC(NC(=O)c1cccc(C)c1)C(=O)Nc1cccc(-c2nnc3n2CCCCC3)c1. The summed E-state index contributed by atoms with van der Waals surface area (Å²) in [7, 11) is 0. The molecule has 0 aliphatic carbocycles. The molecule has 0 bridgehead atoms. The summed E-state index contributed by atoms with van der Waals surface area (Å²) >= 11 is 1.65. The molecule has 0 spiro atoms. The van der Waals surface area contributed by atoms with Gasteiger partial charge in [0.15, 0.2) is 5.82 Å². The smallest absolute Gasteiger partial charge is 0.251 e. The van der Waals surface area contributed by atoms with Crippen LogP contribution in [0.4, 0.5) is 5.69 Å². The highest BCUT2D eigenvalue weighted by molar-refractivity contribution is 7.98. The summed E-state index contributed by atoms with van der Waals surface area (Å²) in [6.45, 7) is 2.85. The molecule has 2 amide bonds. The average Bonchev–Trinajstić information content (AvgIpc) is 3.09. The Morgan fingerprint density at radius 3 is 2.76 bits per heavy atom. The van der Waals surface area contributed by atoms with Gasteiger partial charge in [0.2, 0.25) is 5.91 Å². The van der Waals surface area contributed by atoms with Gasteiger partial charge in [0.05, 0.1) is 0 Å². The van der Waals surface area contributed by atoms with E-state index in [9.17, 15) is 9.59 Å². The monoisotopic (exact) mass is 477 g/mol. The molecule has 0 saturated carbocycles. The summed E-state index contributed by atoms with van der Waals surface area (Å²) in [5, 5.41) is 14.7. The van der Waals surface area contributed by atoms with Gasteiger partial charge in [-0.15, -0.1) is 10.2 Å². The Balaban J connectivity index is 1.49. The van der Waals surface area contributed by atoms with Gasteiger partial charge in [-0.1, -0.05) is 36.2 Å². The summed E-state index contributed by atoms with van der Waals surface area (Å²) in [6, 6.07) is 14.4. The molecule has 1 aliphatic heterocycles. The van der Waals surface area contributed by atoms with Crippen LogP contribution in [0.3, 0.4) is 0 Å². The van der Waals surface area contributed by atoms with E-state index >= 15 is 0 Å². The molecule has 0 radical (unpaired) electrons. The molecule has 2 aromatic carbocycles. The summed E-state index contributed by atoms with van der Waals surface area (Å²) < 4.78 is 2.19. The standard InChI is InChI=1S/C26H31N5O2S/c1-18-8-6-10-20(16-18)25(32)28-22(13-15-34-2)26(33)27-21-11-7-9-19(17-21)24-30-29-23-12-4-3-5-14-31(23)24/h6-11,16-17,22H,3-5,12-15H2,1-2H3,(H,27,33)(H,28,32). The number of thioether (sulfide) groups is 1. The van der Waals surface area contributed by atoms with Crippen LogP contribution in [0.2, 0.25) is 0 Å². The van der Waals surface area contributed by atoms with Crippen molar-refractivity contribution in [3.8, 4) is 11.4 Å². The zero-order valence-electron chi connectivity index (χ0n) is 19.7. The van der Waals surface area contributed by atoms with Crippen LogP contribution in [0.15, 0.2) is 48.5 Å². The van der Waals surface area contributed by atoms with Crippen molar-refractivity contribution in [2.24, 2.45) is 0 Å². The van der Waals surface area contributed by atoms with Gasteiger partial charge in [-0.2, -0.15) is 11.8 Å². The van der Waals surface area contributed by atoms with Gasteiger partial charge in [-0.3, -0.25) is 9.59 Å². The van der Waals surface area contributed by atoms with Crippen molar-refractivity contribution in [2.45, 2.75) is 51.6 Å². The first-order valence-corrected chi connectivity index (χ1v) is 13.1. The number of carbonyl (C=O) groups is 2. The molecule has 8 heteroatoms. The minimum atomic E-state index is -0.631. The second kappa shape index (κ2) is 11.3. The quantitative estimate of drug-likeness (QED) is 0.500. The summed E-state index contributed by atoms with van der Waals surface area (Å²) in [5.41, 5.74) is 3.15. The number of nitrogens with one attached hydrogen (secondary N) is 2. The zero-order valence-corrected chi connectivity index (χ0v) is 20.5. The van der Waals surface area contributed by atoms with Crippen LogP contribution in [-0.4, -0.2) is 44.6 Å². The fourth-order valence-corrected chi connectivity index (χ4v) is 4.67. The molecule has 4 rings (SSSR count). The van der Waals surface area contributed by atoms with Crippen molar-refractivity contribution in [2.75, 3.05) is 17.3 Å². The van der Waals surface area contributed by atoms with Crippen molar-refractivity contribution in [1.82, 2.24) is 20.1 Å². The fraction of sp³-hybridized carbons (Fsp3) is 0.385. The highest BCUT2D eigenvalue weighted by Crippen LogP contribution is 2.25. The van der Waals surface area contributed by atoms with Crippen LogP contribution in [0, 0.1) is 6.92 Å². The van der Waals surface area contributed by atoms with E-state index in [1.807, 2.05) is 55.6 Å². The number of amides is 2. The lowest BCUT2D eigenvalue weighted by molar-refractivity contribution is -0.118. The van der Waals surface area contributed by atoms with Crippen LogP contribution in [-0.2, 0) is 17.8 Å². The zero-order chi connectivity index (χ0) is 23.9. The number of aromatic nitrogens is 3. The second-order valence-corrected chi connectivity index (χ2v) is 9.63. The molecule has 1 unspecified atom stereocenters. The average molecular weight is 478 g/mol. The minimum Gasteiger partial charge on any atom is -0.340 e. The number of fused-ring (bicyclic) bond motifs is 1. The first-order chi connectivity index (χ1) is 16.5. The molecular formula is C26H31N5O2S. The van der Waals surface area contributed by atoms with Crippen molar-refractivity contribution in [3.63, 3.8) is 0 Å². The van der Waals surface area contributed by atoms with E-state index in [0.29, 0.717) is 17.7 Å². The maximum absolute atomic E-state index is 13.2. The van der Waals surface area contributed by atoms with Gasteiger partial charge >= 0.3 is 0 Å². The van der Waals surface area contributed by atoms with Crippen molar-refractivity contribution >= 4 is 29.3 Å². The topological polar surface area (TPSA) is 88.9 Å². The van der Waals surface area contributed by atoms with Crippen LogP contribution < -0.4 is 10.6 Å². The predicted molar refractivity (Wildman–Crippen MR) is 137 cm³/mol. The lowest BCUT2D eigenvalue weighted by Crippen LogP contribution is -2.44. The molecule has 1 aliphatic rings. The molecule has 3 aromatic rings. The van der Waals surface area contributed by atoms with Gasteiger partial charge in [0, 0.05) is 29.8 Å². The Kier molecular flexibility index (Phi) is 8.00. The van der Waals surface area contributed by atoms with Gasteiger partial charge < -0.3 is 15.2 Å². The van der Waals surface area contributed by atoms with E-state index in [4.69, 9.17) is 0 Å². The number of aryl methyl sites for hydroxylation is 2. The van der Waals surface area contributed by atoms with E-state index in [1.54, 1.807) is 17.8 Å². The van der Waals surface area contributed by atoms with Gasteiger partial charge in [-0.25, -0.2) is 0 Å². The Morgan fingerprint density at radius 1 is 1.09 bits per heavy atom. The van der Waals surface area contributed by atoms with Crippen molar-refractivity contribution < 1.29 is 9.59 Å². The van der Waals surface area contributed by atoms with Crippen LogP contribution >= 0.6 is 11.8 Å². The number of benzene rings is 2. The number of nitrogens with zero attached hydrogens (tertiary/aromatic N) is 3. The third kappa shape index (κ3) is 5.86. The molecule has 2 N–H and O–H groups in total. The lowest BCUT2D eigenvalue weighted by Gasteiger charge is -2.19. The molecule has 0 saturated heterocycles. The maximum atomic E-state index is 13.2. The fourth-order valence-electron chi connectivity index (χ4n) is 4.20. The van der Waals surface area contributed by atoms with E-state index in [-0.39, 0.29) is 11.8 Å². The molecule has 34 heavy (non-hydrogen) atoms. The largest absolute Gasteiger partial charge is 0.340 e. The first-order valence-electron chi connectivity index (χ1n) is 11.7. The summed E-state index contributed by atoms with van der Waals surface area (Å²) in [6.07, 6.45) is 6.93. The van der Waals surface area contributed by atoms with E-state index in [0.717, 1.165) is 54.3 Å². The summed E-state index contributed by atoms with van der Waals surface area (Å²) in [5.74, 6) is 2.15. The van der Waals surface area contributed by atoms with E-state index in [2.05, 4.69) is 25.4 Å². The number of hydrogen-bond acceptors (Lipinski definition) is 5. The molecule has 2 heterocycles. The van der Waals surface area contributed by atoms with Crippen molar-refractivity contribution in [3.05, 3.63) is 65.5 Å². The second-order valence-electron chi connectivity index (χ2n) is 8.65. The number of hydrogen-bond donors (Lipinski definition) is 2. The molecule has 1 atom stereocenters. The first kappa shape index (κ1) is 24.0. The molecule has 0 fully saturated rings. The normalized spacial score (nSPS) is 14.1. The Bertz CT molecular complexity index is 1160. The van der Waals surface area contributed by atoms with E-state index in [1.165, 1.54) is 6.42 Å². The predicted octanol–water partition coefficient (Wildman–Crippen LogP) is 4.47. The van der Waals surface area contributed by atoms with Gasteiger partial charge in [-0.05, 0) is 62.5 Å².